The van der Waals surface area contributed by atoms with Crippen molar-refractivity contribution in [1.29, 1.82) is 0 Å². The lowest BCUT2D eigenvalue weighted by Crippen LogP contribution is -1.86. The molecule has 0 radical (unpaired) electrons. The average molecular weight is 190 g/mol. The maximum Gasteiger partial charge on any atom is 0.126 e. The van der Waals surface area contributed by atoms with Gasteiger partial charge in [-0.15, -0.1) is 0 Å². The van der Waals surface area contributed by atoms with E-state index in [4.69, 9.17) is 9.84 Å². The third-order valence-electron chi connectivity index (χ3n) is 2.55. The van der Waals surface area contributed by atoms with E-state index in [0.717, 1.165) is 17.7 Å². The maximum atomic E-state index is 8.91. The van der Waals surface area contributed by atoms with Crippen LogP contribution < -0.4 is 4.74 Å². The first-order valence-corrected chi connectivity index (χ1v) is 4.79. The second-order valence-electron chi connectivity index (χ2n) is 3.54. The third kappa shape index (κ3) is 1.80. The highest BCUT2D eigenvalue weighted by Gasteiger charge is 2.28. The number of rotatable bonds is 3. The Morgan fingerprint density at radius 3 is 2.93 bits per heavy atom. The van der Waals surface area contributed by atoms with Crippen molar-refractivity contribution in [2.75, 3.05) is 13.7 Å². The highest BCUT2D eigenvalue weighted by Crippen LogP contribution is 2.39. The van der Waals surface area contributed by atoms with Crippen molar-refractivity contribution in [3.8, 4) is 5.75 Å². The lowest BCUT2D eigenvalue weighted by Gasteiger charge is -2.02. The van der Waals surface area contributed by atoms with E-state index < -0.39 is 0 Å². The van der Waals surface area contributed by atoms with E-state index >= 15 is 0 Å². The SMILES string of the molecule is COc1ccccc1/C=C1/CC1CO. The summed E-state index contributed by atoms with van der Waals surface area (Å²) in [6.45, 7) is 0.265. The van der Waals surface area contributed by atoms with Gasteiger partial charge in [-0.05, 0) is 12.5 Å². The molecule has 0 saturated heterocycles. The highest BCUT2D eigenvalue weighted by molar-refractivity contribution is 5.63. The standard InChI is InChI=1S/C12H14O2/c1-14-12-5-3-2-4-9(12)6-10-7-11(10)8-13/h2-6,11,13H,7-8H2,1H3/b10-6-. The molecular formula is C12H14O2. The second kappa shape index (κ2) is 3.84. The molecule has 0 heterocycles. The van der Waals surface area contributed by atoms with Gasteiger partial charge in [-0.1, -0.05) is 29.8 Å². The summed E-state index contributed by atoms with van der Waals surface area (Å²) in [5.74, 6) is 1.28. The molecule has 0 aliphatic heterocycles. The molecular weight excluding hydrogens is 176 g/mol. The van der Waals surface area contributed by atoms with Crippen LogP contribution in [0.5, 0.6) is 5.75 Å². The summed E-state index contributed by atoms with van der Waals surface area (Å²) in [6, 6.07) is 7.92. The molecule has 1 aromatic carbocycles. The van der Waals surface area contributed by atoms with Crippen molar-refractivity contribution in [2.24, 2.45) is 5.92 Å². The van der Waals surface area contributed by atoms with Gasteiger partial charge in [-0.3, -0.25) is 0 Å². The van der Waals surface area contributed by atoms with Crippen LogP contribution in [0.1, 0.15) is 12.0 Å². The van der Waals surface area contributed by atoms with E-state index in [-0.39, 0.29) is 6.61 Å². The molecule has 1 aliphatic carbocycles. The van der Waals surface area contributed by atoms with Crippen LogP contribution in [0.25, 0.3) is 6.08 Å². The van der Waals surface area contributed by atoms with Gasteiger partial charge in [0.15, 0.2) is 0 Å². The largest absolute Gasteiger partial charge is 0.496 e. The molecule has 1 N–H and O–H groups in total. The first-order valence-electron chi connectivity index (χ1n) is 4.79. The van der Waals surface area contributed by atoms with E-state index in [9.17, 15) is 0 Å². The third-order valence-corrected chi connectivity index (χ3v) is 2.55. The molecule has 74 valence electrons. The Morgan fingerprint density at radius 2 is 2.29 bits per heavy atom. The van der Waals surface area contributed by atoms with Crippen molar-refractivity contribution in [2.45, 2.75) is 6.42 Å². The van der Waals surface area contributed by atoms with Gasteiger partial charge in [0, 0.05) is 18.1 Å². The Morgan fingerprint density at radius 1 is 1.50 bits per heavy atom. The Bertz CT molecular complexity index is 355. The zero-order valence-electron chi connectivity index (χ0n) is 8.23. The van der Waals surface area contributed by atoms with Crippen LogP contribution in [0.15, 0.2) is 29.8 Å². The van der Waals surface area contributed by atoms with Gasteiger partial charge in [0.1, 0.15) is 5.75 Å². The quantitative estimate of drug-likeness (QED) is 0.790. The fraction of sp³-hybridized carbons (Fsp3) is 0.333. The predicted octanol–water partition coefficient (Wildman–Crippen LogP) is 2.09. The molecule has 1 aromatic rings. The Kier molecular flexibility index (Phi) is 2.55. The number of benzene rings is 1. The molecule has 2 heteroatoms. The maximum absolute atomic E-state index is 8.91. The number of hydrogen-bond donors (Lipinski definition) is 1. The molecule has 14 heavy (non-hydrogen) atoms. The number of para-hydroxylation sites is 1. The lowest BCUT2D eigenvalue weighted by molar-refractivity contribution is 0.281. The molecule has 0 aromatic heterocycles. The van der Waals surface area contributed by atoms with E-state index in [1.54, 1.807) is 7.11 Å². The summed E-state index contributed by atoms with van der Waals surface area (Å²) in [5, 5.41) is 8.91. The summed E-state index contributed by atoms with van der Waals surface area (Å²) in [4.78, 5) is 0. The van der Waals surface area contributed by atoms with E-state index in [0.29, 0.717) is 5.92 Å². The molecule has 1 fully saturated rings. The Balaban J connectivity index is 2.21. The van der Waals surface area contributed by atoms with Crippen molar-refractivity contribution >= 4 is 6.08 Å². The van der Waals surface area contributed by atoms with Crippen LogP contribution in [0.4, 0.5) is 0 Å². The van der Waals surface area contributed by atoms with Gasteiger partial charge in [-0.2, -0.15) is 0 Å². The summed E-state index contributed by atoms with van der Waals surface area (Å²) >= 11 is 0. The van der Waals surface area contributed by atoms with Crippen LogP contribution in [0, 0.1) is 5.92 Å². The number of hydrogen-bond acceptors (Lipinski definition) is 2. The van der Waals surface area contributed by atoms with Gasteiger partial charge in [0.25, 0.3) is 0 Å². The molecule has 0 spiro atoms. The summed E-state index contributed by atoms with van der Waals surface area (Å²) in [5.41, 5.74) is 2.41. The minimum absolute atomic E-state index is 0.265. The Labute approximate surface area is 83.8 Å². The number of ether oxygens (including phenoxy) is 1. The lowest BCUT2D eigenvalue weighted by atomic mass is 10.2. The molecule has 1 aliphatic rings. The molecule has 0 bridgehead atoms. The van der Waals surface area contributed by atoms with Gasteiger partial charge >= 0.3 is 0 Å². The van der Waals surface area contributed by atoms with Gasteiger partial charge in [0.05, 0.1) is 7.11 Å². The summed E-state index contributed by atoms with van der Waals surface area (Å²) in [6.07, 6.45) is 3.13. The zero-order chi connectivity index (χ0) is 9.97. The average Bonchev–Trinajstić information content (AvgIpc) is 2.97. The molecule has 1 atom stereocenters. The molecule has 2 rings (SSSR count). The highest BCUT2D eigenvalue weighted by atomic mass is 16.5. The number of aliphatic hydroxyl groups excluding tert-OH is 1. The van der Waals surface area contributed by atoms with Crippen molar-refractivity contribution in [1.82, 2.24) is 0 Å². The predicted molar refractivity (Wildman–Crippen MR) is 56.2 cm³/mol. The zero-order valence-corrected chi connectivity index (χ0v) is 8.23. The van der Waals surface area contributed by atoms with E-state index in [1.807, 2.05) is 24.3 Å². The minimum Gasteiger partial charge on any atom is -0.496 e. The number of methoxy groups -OCH3 is 1. The Hall–Kier alpha value is -1.28. The molecule has 1 unspecified atom stereocenters. The summed E-state index contributed by atoms with van der Waals surface area (Å²) in [7, 11) is 1.67. The van der Waals surface area contributed by atoms with Crippen LogP contribution in [-0.4, -0.2) is 18.8 Å². The molecule has 1 saturated carbocycles. The van der Waals surface area contributed by atoms with Crippen LogP contribution in [0.2, 0.25) is 0 Å². The van der Waals surface area contributed by atoms with Crippen molar-refractivity contribution < 1.29 is 9.84 Å². The van der Waals surface area contributed by atoms with Gasteiger partial charge < -0.3 is 9.84 Å². The van der Waals surface area contributed by atoms with Crippen LogP contribution in [-0.2, 0) is 0 Å². The van der Waals surface area contributed by atoms with Gasteiger partial charge in [0.2, 0.25) is 0 Å². The second-order valence-corrected chi connectivity index (χ2v) is 3.54. The molecule has 0 amide bonds. The van der Waals surface area contributed by atoms with Crippen LogP contribution in [0.3, 0.4) is 0 Å². The first kappa shape index (κ1) is 9.28. The summed E-state index contributed by atoms with van der Waals surface area (Å²) < 4.78 is 5.24. The van der Waals surface area contributed by atoms with Crippen LogP contribution >= 0.6 is 0 Å². The van der Waals surface area contributed by atoms with E-state index in [1.165, 1.54) is 5.57 Å². The first-order chi connectivity index (χ1) is 6.85. The van der Waals surface area contributed by atoms with Crippen molar-refractivity contribution in [3.63, 3.8) is 0 Å². The normalized spacial score (nSPS) is 22.4. The number of aliphatic hydroxyl groups is 1. The van der Waals surface area contributed by atoms with Gasteiger partial charge in [-0.25, -0.2) is 0 Å². The fourth-order valence-electron chi connectivity index (χ4n) is 1.57. The fourth-order valence-corrected chi connectivity index (χ4v) is 1.57. The van der Waals surface area contributed by atoms with Crippen molar-refractivity contribution in [3.05, 3.63) is 35.4 Å². The smallest absolute Gasteiger partial charge is 0.126 e. The topological polar surface area (TPSA) is 29.5 Å². The molecule has 2 nitrogen and oxygen atoms in total. The van der Waals surface area contributed by atoms with E-state index in [2.05, 4.69) is 6.08 Å². The monoisotopic (exact) mass is 190 g/mol. The minimum atomic E-state index is 0.265.